The molecule has 1 aliphatic heterocycles. The van der Waals surface area contributed by atoms with Crippen LogP contribution in [0.3, 0.4) is 0 Å². The number of aromatic nitrogens is 4. The van der Waals surface area contributed by atoms with E-state index in [-0.39, 0.29) is 11.7 Å². The molecule has 1 aliphatic carbocycles. The van der Waals surface area contributed by atoms with E-state index in [1.165, 1.54) is 0 Å². The summed E-state index contributed by atoms with van der Waals surface area (Å²) in [7, 11) is 1.87. The summed E-state index contributed by atoms with van der Waals surface area (Å²) in [5.74, 6) is -0.00565. The predicted octanol–water partition coefficient (Wildman–Crippen LogP) is 4.35. The Morgan fingerprint density at radius 2 is 2.11 bits per heavy atom. The highest BCUT2D eigenvalue weighted by Gasteiger charge is 2.40. The number of halogens is 1. The molecule has 174 valence electrons. The van der Waals surface area contributed by atoms with Crippen molar-refractivity contribution in [3.05, 3.63) is 70.1 Å². The first-order valence-corrected chi connectivity index (χ1v) is 11.9. The number of carbonyl (C=O) groups is 1. The fraction of sp³-hybridized carbons (Fsp3) is 0.269. The molecular formula is C26H22ClN7O. The molecule has 0 bridgehead atoms. The van der Waals surface area contributed by atoms with E-state index in [1.807, 2.05) is 40.6 Å². The summed E-state index contributed by atoms with van der Waals surface area (Å²) >= 11 is 6.29. The summed E-state index contributed by atoms with van der Waals surface area (Å²) in [6, 6.07) is 11.5. The number of aryl methyl sites for hydroxylation is 1. The number of nitrogens with one attached hydrogen (secondary N) is 2. The molecule has 9 heteroatoms. The van der Waals surface area contributed by atoms with Gasteiger partial charge >= 0.3 is 0 Å². The number of hydrogen-bond acceptors (Lipinski definition) is 5. The molecule has 35 heavy (non-hydrogen) atoms. The molecule has 6 rings (SSSR count). The number of rotatable bonds is 5. The number of nitriles is 1. The number of amidine groups is 1. The van der Waals surface area contributed by atoms with Gasteiger partial charge in [-0.2, -0.15) is 10.4 Å². The zero-order valence-corrected chi connectivity index (χ0v) is 19.8. The Bertz CT molecular complexity index is 1570. The van der Waals surface area contributed by atoms with E-state index in [1.54, 1.807) is 18.5 Å². The van der Waals surface area contributed by atoms with Crippen LogP contribution in [0.15, 0.2) is 42.7 Å². The fourth-order valence-corrected chi connectivity index (χ4v) is 5.16. The Labute approximate surface area is 206 Å². The van der Waals surface area contributed by atoms with Crippen molar-refractivity contribution in [2.75, 3.05) is 0 Å². The molecule has 1 aromatic carbocycles. The summed E-state index contributed by atoms with van der Waals surface area (Å²) in [4.78, 5) is 17.4. The van der Waals surface area contributed by atoms with Crippen molar-refractivity contribution in [3.63, 3.8) is 0 Å². The lowest BCUT2D eigenvalue weighted by atomic mass is 9.89. The second-order valence-electron chi connectivity index (χ2n) is 9.33. The zero-order valence-electron chi connectivity index (χ0n) is 19.0. The van der Waals surface area contributed by atoms with Crippen LogP contribution in [0.1, 0.15) is 47.6 Å². The van der Waals surface area contributed by atoms with Gasteiger partial charge in [0, 0.05) is 29.9 Å². The van der Waals surface area contributed by atoms with Crippen LogP contribution in [0.5, 0.6) is 0 Å². The van der Waals surface area contributed by atoms with Gasteiger partial charge in [-0.3, -0.25) is 19.9 Å². The monoisotopic (exact) mass is 483 g/mol. The van der Waals surface area contributed by atoms with Crippen LogP contribution in [0.25, 0.3) is 22.3 Å². The molecule has 1 amide bonds. The van der Waals surface area contributed by atoms with E-state index in [2.05, 4.69) is 16.4 Å². The van der Waals surface area contributed by atoms with E-state index >= 15 is 0 Å². The smallest absolute Gasteiger partial charge is 0.234 e. The van der Waals surface area contributed by atoms with Crippen LogP contribution >= 0.6 is 11.6 Å². The molecule has 1 saturated carbocycles. The molecule has 0 spiro atoms. The minimum atomic E-state index is -0.397. The minimum absolute atomic E-state index is 0.0423. The Morgan fingerprint density at radius 3 is 2.86 bits per heavy atom. The number of fused-ring (bicyclic) bond motifs is 2. The molecule has 4 heterocycles. The molecule has 1 fully saturated rings. The van der Waals surface area contributed by atoms with Gasteiger partial charge in [-0.25, -0.2) is 0 Å². The molecule has 0 saturated heterocycles. The van der Waals surface area contributed by atoms with Crippen molar-refractivity contribution < 1.29 is 4.79 Å². The van der Waals surface area contributed by atoms with Gasteiger partial charge in [0.1, 0.15) is 11.9 Å². The van der Waals surface area contributed by atoms with Gasteiger partial charge < -0.3 is 9.88 Å². The molecule has 1 unspecified atom stereocenters. The predicted molar refractivity (Wildman–Crippen MR) is 132 cm³/mol. The van der Waals surface area contributed by atoms with E-state index < -0.39 is 5.92 Å². The van der Waals surface area contributed by atoms with Crippen molar-refractivity contribution in [2.24, 2.45) is 13.0 Å². The van der Waals surface area contributed by atoms with Gasteiger partial charge in [-0.1, -0.05) is 24.4 Å². The SMILES string of the molecule is Cn1cc(C#N)cc1-c1c2c(nn1Cc1ccnc3ccc(Cl)cc13)C(CC1CC1)C(=O)NC2=N. The number of benzene rings is 1. The Morgan fingerprint density at radius 1 is 1.29 bits per heavy atom. The Kier molecular flexibility index (Phi) is 4.97. The lowest BCUT2D eigenvalue weighted by molar-refractivity contribution is -0.121. The Hall–Kier alpha value is -3.96. The molecule has 8 nitrogen and oxygen atoms in total. The molecule has 0 radical (unpaired) electrons. The molecule has 1 atom stereocenters. The van der Waals surface area contributed by atoms with Gasteiger partial charge in [0.15, 0.2) is 0 Å². The van der Waals surface area contributed by atoms with Crippen LogP contribution in [-0.2, 0) is 18.4 Å². The maximum absolute atomic E-state index is 12.9. The van der Waals surface area contributed by atoms with E-state index in [0.29, 0.717) is 40.0 Å². The van der Waals surface area contributed by atoms with Crippen molar-refractivity contribution in [2.45, 2.75) is 31.7 Å². The highest BCUT2D eigenvalue weighted by Crippen LogP contribution is 2.42. The second kappa shape index (κ2) is 8.07. The van der Waals surface area contributed by atoms with Gasteiger partial charge in [0.2, 0.25) is 5.91 Å². The lowest BCUT2D eigenvalue weighted by Crippen LogP contribution is -2.40. The highest BCUT2D eigenvalue weighted by atomic mass is 35.5. The molecule has 2 N–H and O–H groups in total. The lowest BCUT2D eigenvalue weighted by Gasteiger charge is -2.22. The van der Waals surface area contributed by atoms with Crippen molar-refractivity contribution in [3.8, 4) is 17.5 Å². The standard InChI is InChI=1S/C26H22ClN7O/c1-33-12-15(11-28)9-21(33)24-22-23(19(8-14-2-3-14)26(35)31-25(22)29)32-34(24)13-16-6-7-30-20-5-4-17(27)10-18(16)20/h4-7,9-10,12,14,19H,2-3,8,13H2,1H3,(H2,29,31,35). The Balaban J connectivity index is 1.57. The van der Waals surface area contributed by atoms with E-state index in [9.17, 15) is 10.1 Å². The third-order valence-electron chi connectivity index (χ3n) is 6.88. The van der Waals surface area contributed by atoms with Gasteiger partial charge in [-0.05, 0) is 48.2 Å². The summed E-state index contributed by atoms with van der Waals surface area (Å²) in [6.07, 6.45) is 6.49. The van der Waals surface area contributed by atoms with Gasteiger partial charge in [-0.15, -0.1) is 0 Å². The maximum Gasteiger partial charge on any atom is 0.234 e. The van der Waals surface area contributed by atoms with Gasteiger partial charge in [0.25, 0.3) is 0 Å². The number of amides is 1. The first-order chi connectivity index (χ1) is 16.9. The average molecular weight is 484 g/mol. The van der Waals surface area contributed by atoms with E-state index in [0.717, 1.165) is 41.4 Å². The minimum Gasteiger partial charge on any atom is -0.348 e. The summed E-state index contributed by atoms with van der Waals surface area (Å²) in [5.41, 5.74) is 5.05. The number of carbonyl (C=O) groups excluding carboxylic acids is 1. The number of nitrogens with zero attached hydrogens (tertiary/aromatic N) is 5. The number of pyridine rings is 1. The highest BCUT2D eigenvalue weighted by molar-refractivity contribution is 6.31. The van der Waals surface area contributed by atoms with Crippen LogP contribution in [0.4, 0.5) is 0 Å². The fourth-order valence-electron chi connectivity index (χ4n) is 4.98. The molecule has 4 aromatic rings. The van der Waals surface area contributed by atoms with Crippen LogP contribution in [0, 0.1) is 22.7 Å². The zero-order chi connectivity index (χ0) is 24.3. The van der Waals surface area contributed by atoms with Crippen LogP contribution < -0.4 is 5.32 Å². The normalized spacial score (nSPS) is 17.3. The van der Waals surface area contributed by atoms with Gasteiger partial charge in [0.05, 0.1) is 46.2 Å². The third-order valence-corrected chi connectivity index (χ3v) is 7.12. The number of hydrogen-bond donors (Lipinski definition) is 2. The maximum atomic E-state index is 12.9. The molecule has 2 aliphatic rings. The first kappa shape index (κ1) is 21.6. The van der Waals surface area contributed by atoms with Crippen molar-refractivity contribution in [1.29, 1.82) is 10.7 Å². The van der Waals surface area contributed by atoms with Crippen LogP contribution in [0.2, 0.25) is 5.02 Å². The van der Waals surface area contributed by atoms with E-state index in [4.69, 9.17) is 22.1 Å². The molecular weight excluding hydrogens is 462 g/mol. The quantitative estimate of drug-likeness (QED) is 0.439. The third kappa shape index (κ3) is 3.69. The largest absolute Gasteiger partial charge is 0.348 e. The average Bonchev–Trinajstić information content (AvgIpc) is 3.47. The topological polar surface area (TPSA) is 112 Å². The summed E-state index contributed by atoms with van der Waals surface area (Å²) in [6.45, 7) is 0.395. The molecule has 3 aromatic heterocycles. The summed E-state index contributed by atoms with van der Waals surface area (Å²) in [5, 5.41) is 27.4. The van der Waals surface area contributed by atoms with Crippen molar-refractivity contribution in [1.82, 2.24) is 24.6 Å². The van der Waals surface area contributed by atoms with Crippen molar-refractivity contribution >= 4 is 34.2 Å². The first-order valence-electron chi connectivity index (χ1n) is 11.5. The summed E-state index contributed by atoms with van der Waals surface area (Å²) < 4.78 is 3.72. The van der Waals surface area contributed by atoms with Crippen LogP contribution in [-0.4, -0.2) is 31.1 Å². The second-order valence-corrected chi connectivity index (χ2v) is 9.77.